The van der Waals surface area contributed by atoms with Gasteiger partial charge in [-0.3, -0.25) is 15.1 Å². The van der Waals surface area contributed by atoms with Gasteiger partial charge in [0.1, 0.15) is 0 Å². The Kier molecular flexibility index (Phi) is 3.09. The Morgan fingerprint density at radius 2 is 2.12 bits per heavy atom. The molecule has 0 N–H and O–H groups in total. The molecular formula is C12H11N3O2. The van der Waals surface area contributed by atoms with E-state index in [0.717, 1.165) is 11.0 Å². The van der Waals surface area contributed by atoms with Crippen LogP contribution < -0.4 is 0 Å². The second kappa shape index (κ2) is 4.69. The number of aromatic nitrogens is 2. The summed E-state index contributed by atoms with van der Waals surface area (Å²) in [7, 11) is 0. The number of fused-ring (bicyclic) bond motifs is 1. The van der Waals surface area contributed by atoms with Crippen LogP contribution in [0.2, 0.25) is 0 Å². The van der Waals surface area contributed by atoms with Crippen molar-refractivity contribution in [2.75, 3.05) is 0 Å². The average Bonchev–Trinajstić information content (AvgIpc) is 2.35. The summed E-state index contributed by atoms with van der Waals surface area (Å²) >= 11 is 0. The maximum Gasteiger partial charge on any atom is 0.248 e. The van der Waals surface area contributed by atoms with E-state index in [1.165, 1.54) is 6.08 Å². The average molecular weight is 229 g/mol. The standard InChI is InChI=1S/C12H11N3O2/c1-2-10(15(16)17)7-9-8-13-11-5-3-4-6-12(11)14-9/h3-8H,2H2,1H3/b10-7+. The van der Waals surface area contributed by atoms with E-state index in [4.69, 9.17) is 0 Å². The molecule has 1 heterocycles. The Bertz CT molecular complexity index is 593. The molecule has 0 spiro atoms. The first-order valence-corrected chi connectivity index (χ1v) is 5.27. The Morgan fingerprint density at radius 3 is 2.76 bits per heavy atom. The highest BCUT2D eigenvalue weighted by molar-refractivity contribution is 5.74. The van der Waals surface area contributed by atoms with E-state index in [2.05, 4.69) is 9.97 Å². The lowest BCUT2D eigenvalue weighted by molar-refractivity contribution is -0.425. The van der Waals surface area contributed by atoms with Gasteiger partial charge in [0.15, 0.2) is 0 Å². The van der Waals surface area contributed by atoms with Crippen molar-refractivity contribution in [3.05, 3.63) is 52.0 Å². The van der Waals surface area contributed by atoms with Crippen LogP contribution in [0, 0.1) is 10.1 Å². The van der Waals surface area contributed by atoms with Gasteiger partial charge in [-0.25, -0.2) is 4.98 Å². The number of nitrogens with zero attached hydrogens (tertiary/aromatic N) is 3. The smallest absolute Gasteiger partial charge is 0.248 e. The molecule has 86 valence electrons. The first kappa shape index (κ1) is 11.2. The maximum absolute atomic E-state index is 10.7. The van der Waals surface area contributed by atoms with Gasteiger partial charge in [-0.1, -0.05) is 19.1 Å². The minimum Gasteiger partial charge on any atom is -0.259 e. The summed E-state index contributed by atoms with van der Waals surface area (Å²) in [5.41, 5.74) is 2.16. The number of rotatable bonds is 3. The van der Waals surface area contributed by atoms with Crippen molar-refractivity contribution >= 4 is 17.1 Å². The highest BCUT2D eigenvalue weighted by Crippen LogP contribution is 2.12. The van der Waals surface area contributed by atoms with Crippen molar-refractivity contribution in [3.63, 3.8) is 0 Å². The van der Waals surface area contributed by atoms with E-state index in [0.29, 0.717) is 12.1 Å². The molecule has 2 aromatic rings. The molecular weight excluding hydrogens is 218 g/mol. The normalized spacial score (nSPS) is 11.7. The van der Waals surface area contributed by atoms with Gasteiger partial charge in [0, 0.05) is 12.5 Å². The van der Waals surface area contributed by atoms with Crippen molar-refractivity contribution in [3.8, 4) is 0 Å². The monoisotopic (exact) mass is 229 g/mol. The predicted octanol–water partition coefficient (Wildman–Crippen LogP) is 2.66. The lowest BCUT2D eigenvalue weighted by atomic mass is 10.2. The van der Waals surface area contributed by atoms with Crippen molar-refractivity contribution in [2.24, 2.45) is 0 Å². The SMILES string of the molecule is CC/C(=C\c1cnc2ccccc2n1)[N+](=O)[O-]. The number of para-hydroxylation sites is 2. The van der Waals surface area contributed by atoms with Gasteiger partial charge in [0.2, 0.25) is 5.70 Å². The van der Waals surface area contributed by atoms with Crippen LogP contribution in [0.25, 0.3) is 17.1 Å². The molecule has 0 saturated heterocycles. The van der Waals surface area contributed by atoms with E-state index < -0.39 is 4.92 Å². The van der Waals surface area contributed by atoms with Crippen molar-refractivity contribution in [1.82, 2.24) is 9.97 Å². The summed E-state index contributed by atoms with van der Waals surface area (Å²) in [6, 6.07) is 7.42. The number of hydrogen-bond acceptors (Lipinski definition) is 4. The van der Waals surface area contributed by atoms with Crippen LogP contribution in [-0.2, 0) is 0 Å². The number of allylic oxidation sites excluding steroid dienone is 1. The van der Waals surface area contributed by atoms with Gasteiger partial charge in [-0.2, -0.15) is 0 Å². The fraction of sp³-hybridized carbons (Fsp3) is 0.167. The summed E-state index contributed by atoms with van der Waals surface area (Å²) < 4.78 is 0. The van der Waals surface area contributed by atoms with Gasteiger partial charge >= 0.3 is 0 Å². The molecule has 5 nitrogen and oxygen atoms in total. The third kappa shape index (κ3) is 2.44. The summed E-state index contributed by atoms with van der Waals surface area (Å²) in [6.07, 6.45) is 3.36. The zero-order valence-electron chi connectivity index (χ0n) is 9.33. The quantitative estimate of drug-likeness (QED) is 0.599. The lowest BCUT2D eigenvalue weighted by Gasteiger charge is -1.98. The molecule has 0 aliphatic rings. The molecule has 0 radical (unpaired) electrons. The van der Waals surface area contributed by atoms with E-state index in [9.17, 15) is 10.1 Å². The van der Waals surface area contributed by atoms with E-state index in [1.54, 1.807) is 13.1 Å². The molecule has 1 aromatic carbocycles. The van der Waals surface area contributed by atoms with Crippen LogP contribution in [-0.4, -0.2) is 14.9 Å². The van der Waals surface area contributed by atoms with Crippen molar-refractivity contribution in [1.29, 1.82) is 0 Å². The highest BCUT2D eigenvalue weighted by atomic mass is 16.6. The van der Waals surface area contributed by atoms with E-state index in [-0.39, 0.29) is 5.70 Å². The van der Waals surface area contributed by atoms with Gasteiger partial charge < -0.3 is 0 Å². The molecule has 0 aliphatic carbocycles. The molecule has 0 aliphatic heterocycles. The van der Waals surface area contributed by atoms with Crippen LogP contribution in [0.1, 0.15) is 19.0 Å². The number of nitro groups is 1. The third-order valence-corrected chi connectivity index (χ3v) is 2.38. The molecule has 0 unspecified atom stereocenters. The molecule has 17 heavy (non-hydrogen) atoms. The van der Waals surface area contributed by atoms with E-state index >= 15 is 0 Å². The largest absolute Gasteiger partial charge is 0.259 e. The molecule has 0 amide bonds. The van der Waals surface area contributed by atoms with Crippen molar-refractivity contribution < 1.29 is 4.92 Å². The summed E-state index contributed by atoms with van der Waals surface area (Å²) in [5.74, 6) is 0. The van der Waals surface area contributed by atoms with Gasteiger partial charge in [-0.15, -0.1) is 0 Å². The lowest BCUT2D eigenvalue weighted by Crippen LogP contribution is -1.97. The molecule has 0 atom stereocenters. The topological polar surface area (TPSA) is 68.9 Å². The Balaban J connectivity index is 2.46. The first-order valence-electron chi connectivity index (χ1n) is 5.27. The Hall–Kier alpha value is -2.30. The molecule has 0 saturated carbocycles. The van der Waals surface area contributed by atoms with Gasteiger partial charge in [0.25, 0.3) is 0 Å². The molecule has 0 bridgehead atoms. The second-order valence-corrected chi connectivity index (χ2v) is 3.53. The summed E-state index contributed by atoms with van der Waals surface area (Å²) in [5, 5.41) is 10.7. The fourth-order valence-electron chi connectivity index (χ4n) is 1.50. The van der Waals surface area contributed by atoms with Crippen LogP contribution in [0.5, 0.6) is 0 Å². The molecule has 1 aromatic heterocycles. The Morgan fingerprint density at radius 1 is 1.41 bits per heavy atom. The second-order valence-electron chi connectivity index (χ2n) is 3.53. The van der Waals surface area contributed by atoms with E-state index in [1.807, 2.05) is 24.3 Å². The van der Waals surface area contributed by atoms with Crippen molar-refractivity contribution in [2.45, 2.75) is 13.3 Å². The molecule has 0 fully saturated rings. The zero-order chi connectivity index (χ0) is 12.3. The van der Waals surface area contributed by atoms with Crippen LogP contribution in [0.3, 0.4) is 0 Å². The third-order valence-electron chi connectivity index (χ3n) is 2.38. The van der Waals surface area contributed by atoms with Crippen LogP contribution in [0.15, 0.2) is 36.2 Å². The molecule has 5 heteroatoms. The van der Waals surface area contributed by atoms with Crippen LogP contribution >= 0.6 is 0 Å². The zero-order valence-corrected chi connectivity index (χ0v) is 9.33. The minimum absolute atomic E-state index is 0.134. The van der Waals surface area contributed by atoms with Gasteiger partial charge in [0.05, 0.1) is 27.8 Å². The molecule has 2 rings (SSSR count). The highest BCUT2D eigenvalue weighted by Gasteiger charge is 2.08. The maximum atomic E-state index is 10.7. The summed E-state index contributed by atoms with van der Waals surface area (Å²) in [4.78, 5) is 18.8. The fourth-order valence-corrected chi connectivity index (χ4v) is 1.50. The number of hydrogen-bond donors (Lipinski definition) is 0. The first-order chi connectivity index (χ1) is 8.20. The Labute approximate surface area is 98.0 Å². The predicted molar refractivity (Wildman–Crippen MR) is 64.8 cm³/mol. The van der Waals surface area contributed by atoms with Gasteiger partial charge in [-0.05, 0) is 12.1 Å². The summed E-state index contributed by atoms with van der Waals surface area (Å²) in [6.45, 7) is 1.74. The minimum atomic E-state index is -0.392. The number of benzene rings is 1. The van der Waals surface area contributed by atoms with Crippen LogP contribution in [0.4, 0.5) is 0 Å².